The first-order valence-electron chi connectivity index (χ1n) is 5.77. The second-order valence-corrected chi connectivity index (χ2v) is 7.76. The predicted octanol–water partition coefficient (Wildman–Crippen LogP) is 1.26. The molecule has 1 fully saturated rings. The number of rotatable bonds is 3. The lowest BCUT2D eigenvalue weighted by molar-refractivity contribution is 0.160. The van der Waals surface area contributed by atoms with E-state index in [1.54, 1.807) is 0 Å². The van der Waals surface area contributed by atoms with Crippen LogP contribution < -0.4 is 5.32 Å². The summed E-state index contributed by atoms with van der Waals surface area (Å²) in [6.07, 6.45) is -0.812. The summed E-state index contributed by atoms with van der Waals surface area (Å²) in [4.78, 5) is 0. The van der Waals surface area contributed by atoms with E-state index in [2.05, 4.69) is 21.2 Å². The van der Waals surface area contributed by atoms with Gasteiger partial charge in [-0.1, -0.05) is 28.1 Å². The molecule has 0 radical (unpaired) electrons. The summed E-state index contributed by atoms with van der Waals surface area (Å²) in [5, 5.41) is 12.9. The van der Waals surface area contributed by atoms with Gasteiger partial charge in [-0.2, -0.15) is 0 Å². The van der Waals surface area contributed by atoms with Crippen molar-refractivity contribution in [3.8, 4) is 0 Å². The van der Waals surface area contributed by atoms with E-state index in [4.69, 9.17) is 0 Å². The van der Waals surface area contributed by atoms with Crippen molar-refractivity contribution in [3.63, 3.8) is 0 Å². The van der Waals surface area contributed by atoms with Gasteiger partial charge in [-0.05, 0) is 24.6 Å². The summed E-state index contributed by atoms with van der Waals surface area (Å²) >= 11 is 3.37. The van der Waals surface area contributed by atoms with E-state index in [1.165, 1.54) is 0 Å². The summed E-state index contributed by atoms with van der Waals surface area (Å²) in [6.45, 7) is 1.96. The SMILES string of the molecule is C[C@H](NC1CS(=O)(=O)CC1O)c1ccc(Br)cc1. The molecule has 0 aliphatic carbocycles. The Labute approximate surface area is 115 Å². The van der Waals surface area contributed by atoms with Crippen molar-refractivity contribution < 1.29 is 13.5 Å². The van der Waals surface area contributed by atoms with Crippen LogP contribution in [0, 0.1) is 0 Å². The van der Waals surface area contributed by atoms with Gasteiger partial charge in [0.15, 0.2) is 9.84 Å². The molecule has 1 aliphatic heterocycles. The Morgan fingerprint density at radius 1 is 1.33 bits per heavy atom. The summed E-state index contributed by atoms with van der Waals surface area (Å²) in [7, 11) is -3.10. The van der Waals surface area contributed by atoms with Crippen LogP contribution in [-0.2, 0) is 9.84 Å². The number of sulfone groups is 1. The zero-order valence-electron chi connectivity index (χ0n) is 10.0. The number of aliphatic hydroxyl groups is 1. The van der Waals surface area contributed by atoms with E-state index in [1.807, 2.05) is 31.2 Å². The first kappa shape index (κ1) is 14.0. The Hall–Kier alpha value is -0.430. The minimum Gasteiger partial charge on any atom is -0.390 e. The number of hydrogen-bond donors (Lipinski definition) is 2. The molecular weight excluding hydrogens is 318 g/mol. The number of hydrogen-bond acceptors (Lipinski definition) is 4. The second kappa shape index (κ2) is 5.28. The molecule has 0 saturated carbocycles. The lowest BCUT2D eigenvalue weighted by atomic mass is 10.1. The molecule has 0 amide bonds. The van der Waals surface area contributed by atoms with E-state index in [9.17, 15) is 13.5 Å². The van der Waals surface area contributed by atoms with Crippen LogP contribution in [0.15, 0.2) is 28.7 Å². The van der Waals surface area contributed by atoms with Gasteiger partial charge in [-0.3, -0.25) is 0 Å². The Balaban J connectivity index is 2.04. The molecule has 2 unspecified atom stereocenters. The zero-order chi connectivity index (χ0) is 13.3. The zero-order valence-corrected chi connectivity index (χ0v) is 12.4. The topological polar surface area (TPSA) is 66.4 Å². The molecule has 4 nitrogen and oxygen atoms in total. The Kier molecular flexibility index (Phi) is 4.11. The maximum absolute atomic E-state index is 11.4. The van der Waals surface area contributed by atoms with Crippen LogP contribution in [-0.4, -0.2) is 37.2 Å². The smallest absolute Gasteiger partial charge is 0.154 e. The Bertz CT molecular complexity index is 515. The monoisotopic (exact) mass is 333 g/mol. The van der Waals surface area contributed by atoms with Crippen LogP contribution in [0.25, 0.3) is 0 Å². The summed E-state index contributed by atoms with van der Waals surface area (Å²) in [5.41, 5.74) is 1.06. The normalized spacial score (nSPS) is 28.2. The van der Waals surface area contributed by atoms with E-state index in [0.29, 0.717) is 0 Å². The van der Waals surface area contributed by atoms with E-state index >= 15 is 0 Å². The highest BCUT2D eigenvalue weighted by Crippen LogP contribution is 2.20. The van der Waals surface area contributed by atoms with E-state index in [0.717, 1.165) is 10.0 Å². The highest BCUT2D eigenvalue weighted by Gasteiger charge is 2.36. The minimum atomic E-state index is -3.10. The predicted molar refractivity (Wildman–Crippen MR) is 74.1 cm³/mol. The molecule has 0 spiro atoms. The molecule has 2 N–H and O–H groups in total. The molecule has 1 aliphatic rings. The third-order valence-corrected chi connectivity index (χ3v) is 5.40. The van der Waals surface area contributed by atoms with Crippen molar-refractivity contribution in [2.75, 3.05) is 11.5 Å². The fraction of sp³-hybridized carbons (Fsp3) is 0.500. The van der Waals surface area contributed by atoms with Crippen molar-refractivity contribution in [3.05, 3.63) is 34.3 Å². The second-order valence-electron chi connectivity index (χ2n) is 4.69. The summed E-state index contributed by atoms with van der Waals surface area (Å²) in [5.74, 6) is -0.132. The molecule has 6 heteroatoms. The molecule has 3 atom stereocenters. The number of nitrogens with one attached hydrogen (secondary N) is 1. The highest BCUT2D eigenvalue weighted by molar-refractivity contribution is 9.10. The lowest BCUT2D eigenvalue weighted by Crippen LogP contribution is -2.40. The van der Waals surface area contributed by atoms with Crippen LogP contribution in [0.3, 0.4) is 0 Å². The van der Waals surface area contributed by atoms with Gasteiger partial charge in [0, 0.05) is 16.6 Å². The van der Waals surface area contributed by atoms with Crippen molar-refractivity contribution in [1.82, 2.24) is 5.32 Å². The Morgan fingerprint density at radius 2 is 1.94 bits per heavy atom. The molecular formula is C12H16BrNO3S. The average molecular weight is 334 g/mol. The largest absolute Gasteiger partial charge is 0.390 e. The van der Waals surface area contributed by atoms with Gasteiger partial charge in [0.05, 0.1) is 17.6 Å². The number of halogens is 1. The van der Waals surface area contributed by atoms with Gasteiger partial charge in [-0.25, -0.2) is 8.42 Å². The quantitative estimate of drug-likeness (QED) is 0.873. The van der Waals surface area contributed by atoms with Crippen molar-refractivity contribution in [2.24, 2.45) is 0 Å². The summed E-state index contributed by atoms with van der Waals surface area (Å²) < 4.78 is 23.8. The number of benzene rings is 1. The molecule has 1 aromatic rings. The van der Waals surface area contributed by atoms with Crippen LogP contribution in [0.4, 0.5) is 0 Å². The first-order valence-corrected chi connectivity index (χ1v) is 8.39. The van der Waals surface area contributed by atoms with Gasteiger partial charge in [0.2, 0.25) is 0 Å². The van der Waals surface area contributed by atoms with Gasteiger partial charge < -0.3 is 10.4 Å². The molecule has 0 aromatic heterocycles. The average Bonchev–Trinajstić information content (AvgIpc) is 2.52. The highest BCUT2D eigenvalue weighted by atomic mass is 79.9. The first-order chi connectivity index (χ1) is 8.37. The molecule has 0 bridgehead atoms. The van der Waals surface area contributed by atoms with Crippen LogP contribution >= 0.6 is 15.9 Å². The number of aliphatic hydroxyl groups excluding tert-OH is 1. The summed E-state index contributed by atoms with van der Waals surface area (Å²) in [6, 6.07) is 7.44. The molecule has 1 aromatic carbocycles. The van der Waals surface area contributed by atoms with Crippen molar-refractivity contribution in [2.45, 2.75) is 25.1 Å². The maximum atomic E-state index is 11.4. The van der Waals surface area contributed by atoms with E-state index < -0.39 is 15.9 Å². The minimum absolute atomic E-state index is 0.00560. The molecule has 18 heavy (non-hydrogen) atoms. The van der Waals surface area contributed by atoms with E-state index in [-0.39, 0.29) is 23.6 Å². The van der Waals surface area contributed by atoms with Crippen molar-refractivity contribution in [1.29, 1.82) is 0 Å². The molecule has 1 heterocycles. The lowest BCUT2D eigenvalue weighted by Gasteiger charge is -2.21. The maximum Gasteiger partial charge on any atom is 0.154 e. The van der Waals surface area contributed by atoms with Gasteiger partial charge in [0.25, 0.3) is 0 Å². The van der Waals surface area contributed by atoms with Crippen LogP contribution in [0.5, 0.6) is 0 Å². The molecule has 1 saturated heterocycles. The third kappa shape index (κ3) is 3.32. The molecule has 100 valence electrons. The van der Waals surface area contributed by atoms with Crippen LogP contribution in [0.1, 0.15) is 18.5 Å². The van der Waals surface area contributed by atoms with Crippen molar-refractivity contribution >= 4 is 25.8 Å². The van der Waals surface area contributed by atoms with Gasteiger partial charge in [0.1, 0.15) is 0 Å². The molecule has 2 rings (SSSR count). The fourth-order valence-electron chi connectivity index (χ4n) is 2.16. The third-order valence-electron chi connectivity index (χ3n) is 3.16. The standard InChI is InChI=1S/C12H16BrNO3S/c1-8(9-2-4-10(13)5-3-9)14-11-6-18(16,17)7-12(11)15/h2-5,8,11-12,14-15H,6-7H2,1H3/t8-,11?,12?/m0/s1. The van der Waals surface area contributed by atoms with Crippen LogP contribution in [0.2, 0.25) is 0 Å². The Morgan fingerprint density at radius 3 is 2.44 bits per heavy atom. The van der Waals surface area contributed by atoms with Gasteiger partial charge >= 0.3 is 0 Å². The van der Waals surface area contributed by atoms with Gasteiger partial charge in [-0.15, -0.1) is 0 Å². The fourth-order valence-corrected chi connectivity index (χ4v) is 4.18.